The lowest BCUT2D eigenvalue weighted by atomic mass is 9.59. The van der Waals surface area contributed by atoms with Crippen molar-refractivity contribution in [1.29, 1.82) is 0 Å². The Hall–Kier alpha value is -11.8. The van der Waals surface area contributed by atoms with Gasteiger partial charge in [0.1, 0.15) is 34.1 Å². The van der Waals surface area contributed by atoms with E-state index in [9.17, 15) is 0 Å². The zero-order valence-corrected chi connectivity index (χ0v) is 72.5. The van der Waals surface area contributed by atoms with E-state index in [4.69, 9.17) is 4.11 Å². The second-order valence-electron chi connectivity index (χ2n) is 33.8. The Morgan fingerprint density at radius 3 is 1.17 bits per heavy atom. The highest BCUT2D eigenvalue weighted by Gasteiger charge is 2.51. The average molecular weight is 1530 g/mol. The number of fused-ring (bicyclic) bond motifs is 3. The molecular weight excluding hydrogens is 1400 g/mol. The number of aromatic nitrogens is 10. The number of hydrogen-bond donors (Lipinski definition) is 0. The molecule has 10 aromatic carbocycles. The lowest BCUT2D eigenvalue weighted by Gasteiger charge is -2.46. The maximum atomic E-state index is 7.84. The van der Waals surface area contributed by atoms with Gasteiger partial charge in [-0.3, -0.25) is 0 Å². The highest BCUT2D eigenvalue weighted by atomic mass is 15.4. The van der Waals surface area contributed by atoms with Crippen LogP contribution in [0.1, 0.15) is 143 Å². The summed E-state index contributed by atoms with van der Waals surface area (Å²) in [6.45, 7) is 38.0. The fourth-order valence-electron chi connectivity index (χ4n) is 16.9. The van der Waals surface area contributed by atoms with E-state index in [0.29, 0.717) is 17.4 Å². The molecule has 115 heavy (non-hydrogen) atoms. The molecule has 1 aliphatic rings. The van der Waals surface area contributed by atoms with Crippen LogP contribution in [-0.2, 0) is 58.9 Å². The lowest BCUT2D eigenvalue weighted by Crippen LogP contribution is -2.51. The van der Waals surface area contributed by atoms with Gasteiger partial charge in [0.15, 0.2) is 35.2 Å². The molecule has 0 fully saturated rings. The van der Waals surface area contributed by atoms with Crippen LogP contribution in [0.3, 0.4) is 0 Å². The summed E-state index contributed by atoms with van der Waals surface area (Å²) in [5, 5.41) is 0. The largest absolute Gasteiger partial charge is 0.238 e. The van der Waals surface area contributed by atoms with Gasteiger partial charge in [-0.15, -0.1) is 46.8 Å². The molecule has 0 spiro atoms. The fourth-order valence-corrected chi connectivity index (χ4v) is 16.9. The molecule has 0 N–H and O–H groups in total. The Balaban J connectivity index is 0.000000136. The summed E-state index contributed by atoms with van der Waals surface area (Å²) in [6, 6.07) is 81.0. The van der Waals surface area contributed by atoms with Crippen molar-refractivity contribution in [2.24, 2.45) is 47.1 Å². The Labute approximate surface area is 690 Å². The molecule has 5 aromatic heterocycles. The van der Waals surface area contributed by atoms with Crippen molar-refractivity contribution >= 4 is 0 Å². The van der Waals surface area contributed by atoms with Crippen LogP contribution in [0.4, 0.5) is 0 Å². The van der Waals surface area contributed by atoms with Gasteiger partial charge < -0.3 is 0 Å². The summed E-state index contributed by atoms with van der Waals surface area (Å²) < 4.78 is 45.5. The highest BCUT2D eigenvalue weighted by Crippen LogP contribution is 2.53. The fraction of sp³-hybridized carbons (Fsp3) is 0.286. The van der Waals surface area contributed by atoms with Crippen molar-refractivity contribution in [3.05, 3.63) is 357 Å². The van der Waals surface area contributed by atoms with Crippen LogP contribution in [0, 0.1) is 87.9 Å². The van der Waals surface area contributed by atoms with Crippen molar-refractivity contribution < 1.29 is 27.5 Å². The number of hydrogen-bond acceptors (Lipinski definition) is 0. The van der Waals surface area contributed by atoms with E-state index < -0.39 is 6.85 Å². The van der Waals surface area contributed by atoms with Gasteiger partial charge in [-0.25, -0.2) is 0 Å². The van der Waals surface area contributed by atoms with Gasteiger partial charge >= 0.3 is 0 Å². The van der Waals surface area contributed by atoms with E-state index in [2.05, 4.69) is 408 Å². The molecule has 0 radical (unpaired) electrons. The number of benzene rings is 10. The van der Waals surface area contributed by atoms with Crippen molar-refractivity contribution in [3.63, 3.8) is 0 Å². The zero-order valence-electron chi connectivity index (χ0n) is 75.5. The average Bonchev–Trinajstić information content (AvgIpc) is 1.44. The van der Waals surface area contributed by atoms with Crippen LogP contribution in [0.15, 0.2) is 274 Å². The third-order valence-corrected chi connectivity index (χ3v) is 23.2. The third kappa shape index (κ3) is 17.7. The minimum absolute atomic E-state index is 0.0119. The maximum Gasteiger partial charge on any atom is 0.238 e. The SMILES string of the molecule is Cc1cc(C)cc(-c2c[n+](C)n3c2C(C)(C)C(C)(C)c2cccc(C)c2-3)c1.Cc1cc(C)cc(-c2ccn(-c3ccccc3C)[n+]2C)c1.Cc1ccccc1-n1cc(-c2c(CC(C)C)cccc2CC(C)C)c[n+]1C.Cc1ccccc1-n1ccc(-c2ccccc2)[n+]1C.[2H]C([2H])([2H])c1cccc(C)c1-c1cn(-c2ccccc2C)[n+](C)c1. The smallest absolute Gasteiger partial charge is 0.128 e. The topological polar surface area (TPSA) is 44.0 Å². The molecule has 0 bridgehead atoms. The lowest BCUT2D eigenvalue weighted by molar-refractivity contribution is -0.745. The molecule has 0 aliphatic carbocycles. The predicted molar refractivity (Wildman–Crippen MR) is 477 cm³/mol. The molecule has 16 rings (SSSR count). The quantitative estimate of drug-likeness (QED) is 0.103. The summed E-state index contributed by atoms with van der Waals surface area (Å²) >= 11 is 0. The van der Waals surface area contributed by atoms with Gasteiger partial charge in [-0.1, -0.05) is 248 Å². The van der Waals surface area contributed by atoms with Crippen LogP contribution in [-0.4, -0.2) is 23.4 Å². The molecule has 0 unspecified atom stereocenters. The minimum Gasteiger partial charge on any atom is -0.128 e. The van der Waals surface area contributed by atoms with Gasteiger partial charge in [0.05, 0.1) is 41.5 Å². The van der Waals surface area contributed by atoms with Crippen molar-refractivity contribution in [1.82, 2.24) is 23.4 Å². The summed E-state index contributed by atoms with van der Waals surface area (Å²) in [4.78, 5) is 0. The first-order chi connectivity index (χ1) is 56.0. The summed E-state index contributed by atoms with van der Waals surface area (Å²) in [5.41, 5.74) is 36.8. The Morgan fingerprint density at radius 2 is 0.722 bits per heavy atom. The van der Waals surface area contributed by atoms with E-state index in [-0.39, 0.29) is 10.8 Å². The second-order valence-corrected chi connectivity index (χ2v) is 33.8. The minimum atomic E-state index is -2.13. The molecule has 0 saturated carbocycles. The molecule has 10 nitrogen and oxygen atoms in total. The summed E-state index contributed by atoms with van der Waals surface area (Å²) in [7, 11) is 10.5. The van der Waals surface area contributed by atoms with E-state index >= 15 is 0 Å². The zero-order chi connectivity index (χ0) is 85.0. The summed E-state index contributed by atoms with van der Waals surface area (Å²) in [5.74, 6) is 1.29. The van der Waals surface area contributed by atoms with Crippen LogP contribution in [0.5, 0.6) is 0 Å². The molecule has 10 heteroatoms. The van der Waals surface area contributed by atoms with E-state index in [1.165, 1.54) is 134 Å². The van der Waals surface area contributed by atoms with Gasteiger partial charge in [0, 0.05) is 38.2 Å². The number of nitrogens with zero attached hydrogens (tertiary/aromatic N) is 10. The first kappa shape index (κ1) is 78.5. The first-order valence-corrected chi connectivity index (χ1v) is 40.8. The van der Waals surface area contributed by atoms with Crippen LogP contribution in [0.25, 0.3) is 84.3 Å². The Morgan fingerprint density at radius 1 is 0.339 bits per heavy atom. The second kappa shape index (κ2) is 34.9. The van der Waals surface area contributed by atoms with Gasteiger partial charge in [0.25, 0.3) is 0 Å². The maximum absolute atomic E-state index is 7.84. The highest BCUT2D eigenvalue weighted by molar-refractivity contribution is 5.73. The Bertz CT molecular complexity index is 6010. The molecule has 1 aliphatic heterocycles. The van der Waals surface area contributed by atoms with Crippen molar-refractivity contribution in [3.8, 4) is 84.3 Å². The van der Waals surface area contributed by atoms with Crippen LogP contribution in [0.2, 0.25) is 0 Å². The monoisotopic (exact) mass is 1530 g/mol. The van der Waals surface area contributed by atoms with Gasteiger partial charge in [-0.2, -0.15) is 0 Å². The van der Waals surface area contributed by atoms with E-state index in [0.717, 1.165) is 40.8 Å². The standard InChI is InChI=1S/C25H31N2.C25H33N2.2C19H21N2.C17H17N2/c1-16-12-17(2)14-19(13-16)20-15-26(8)27-22-18(3)10-9-11-21(22)24(4,5)25(6,7)23(20)27;1-18(2)14-21-11-9-12-22(15-19(3)4)25(21)23-16-26(6)27(17-23)24-13-8-7-10-20(24)5;1-14-8-5-6-11-18(14)21-13-17(12-20(21)4)19-15(2)9-7-10-16(19)3;1-14-11-15(2)13-17(12-14)19-9-10-21(20(19)4)18-8-6-5-7-16(18)3;1-14-8-6-7-11-16(14)19-13-12-17(18(19)2)15-9-4-3-5-10-15/h9-15H,1-8H3;7-13,16-19H,14-15H2,1-6H3;2*5-13H,1-4H3;3-13H,1-2H3/q5*+1/i;;2D3;;. The van der Waals surface area contributed by atoms with Crippen molar-refractivity contribution in [2.45, 2.75) is 155 Å². The van der Waals surface area contributed by atoms with Gasteiger partial charge in [0.2, 0.25) is 30.0 Å². The summed E-state index contributed by atoms with van der Waals surface area (Å²) in [6.07, 6.45) is 17.3. The number of para-hydroxylation sites is 5. The van der Waals surface area contributed by atoms with Crippen LogP contribution >= 0.6 is 0 Å². The third-order valence-electron chi connectivity index (χ3n) is 23.2. The molecule has 0 amide bonds. The molecule has 0 saturated heterocycles. The Kier molecular flexibility index (Phi) is 23.8. The number of aryl methyl sites for hydroxylation is 14. The molecule has 6 heterocycles. The van der Waals surface area contributed by atoms with E-state index in [1.54, 1.807) is 12.1 Å². The first-order valence-electron chi connectivity index (χ1n) is 42.3. The molecule has 0 atom stereocenters. The molecular formula is C105H123N10+5. The van der Waals surface area contributed by atoms with Crippen LogP contribution < -0.4 is 23.4 Å². The normalized spacial score (nSPS) is 12.9. The van der Waals surface area contributed by atoms with Crippen molar-refractivity contribution in [2.75, 3.05) is 0 Å². The predicted octanol–water partition coefficient (Wildman–Crippen LogP) is 22.2. The van der Waals surface area contributed by atoms with E-state index in [1.807, 2.05) is 60.0 Å². The molecule has 588 valence electrons. The number of rotatable bonds is 13. The molecule has 15 aromatic rings. The van der Waals surface area contributed by atoms with Gasteiger partial charge in [-0.05, 0) is 222 Å².